The minimum atomic E-state index is -3.49. The molecular weight excluding hydrogens is 239 g/mol. The quantitative estimate of drug-likeness (QED) is 0.602. The lowest BCUT2D eigenvalue weighted by molar-refractivity contribution is 0.157. The molecule has 1 aromatic rings. The Morgan fingerprint density at radius 1 is 1.35 bits per heavy atom. The first-order valence-electron chi connectivity index (χ1n) is 5.67. The van der Waals surface area contributed by atoms with Crippen LogP contribution >= 0.6 is 7.60 Å². The molecule has 5 heteroatoms. The van der Waals surface area contributed by atoms with Crippen LogP contribution in [0.15, 0.2) is 30.3 Å². The zero-order chi connectivity index (χ0) is 12.7. The van der Waals surface area contributed by atoms with Crippen LogP contribution in [0.3, 0.4) is 0 Å². The monoisotopic (exact) mass is 258 g/mol. The first-order valence-corrected chi connectivity index (χ1v) is 7.28. The van der Waals surface area contributed by atoms with Crippen LogP contribution in [0.25, 0.3) is 0 Å². The molecule has 0 aliphatic heterocycles. The molecule has 0 saturated carbocycles. The maximum absolute atomic E-state index is 12.3. The smallest absolute Gasteiger partial charge is 0.363 e. The lowest BCUT2D eigenvalue weighted by Crippen LogP contribution is -2.05. The Balaban J connectivity index is 2.75. The van der Waals surface area contributed by atoms with Crippen molar-refractivity contribution in [1.82, 2.24) is 0 Å². The number of aliphatic hydroxyl groups excluding tert-OH is 1. The third-order valence-electron chi connectivity index (χ3n) is 2.42. The molecule has 17 heavy (non-hydrogen) atoms. The van der Waals surface area contributed by atoms with Gasteiger partial charge in [0.1, 0.15) is 0 Å². The molecule has 0 aromatic heterocycles. The minimum Gasteiger partial charge on any atom is -0.376 e. The predicted octanol–water partition coefficient (Wildman–Crippen LogP) is 3.33. The summed E-state index contributed by atoms with van der Waals surface area (Å²) in [4.78, 5) is 0. The van der Waals surface area contributed by atoms with E-state index < -0.39 is 13.4 Å². The summed E-state index contributed by atoms with van der Waals surface area (Å²) in [6.07, 6.45) is 1.72. The highest BCUT2D eigenvalue weighted by Gasteiger charge is 2.34. The van der Waals surface area contributed by atoms with E-state index >= 15 is 0 Å². The van der Waals surface area contributed by atoms with Crippen molar-refractivity contribution in [3.05, 3.63) is 35.9 Å². The Labute approximate surface area is 102 Å². The Morgan fingerprint density at radius 2 is 2.00 bits per heavy atom. The van der Waals surface area contributed by atoms with Gasteiger partial charge in [-0.3, -0.25) is 4.57 Å². The first-order chi connectivity index (χ1) is 8.14. The van der Waals surface area contributed by atoms with Crippen LogP contribution in [0.2, 0.25) is 0 Å². The van der Waals surface area contributed by atoms with Crippen molar-refractivity contribution in [2.75, 3.05) is 13.7 Å². The van der Waals surface area contributed by atoms with Gasteiger partial charge in [0.05, 0.1) is 6.61 Å². The van der Waals surface area contributed by atoms with Crippen molar-refractivity contribution >= 4 is 7.60 Å². The van der Waals surface area contributed by atoms with Crippen LogP contribution in [0.4, 0.5) is 0 Å². The molecule has 0 fully saturated rings. The molecule has 0 radical (unpaired) electrons. The number of unbranched alkanes of at least 4 members (excludes halogenated alkanes) is 1. The molecule has 1 N–H and O–H groups in total. The number of benzene rings is 1. The fraction of sp³-hybridized carbons (Fsp3) is 0.500. The normalized spacial score (nSPS) is 16.4. The van der Waals surface area contributed by atoms with E-state index in [1.54, 1.807) is 24.3 Å². The van der Waals surface area contributed by atoms with E-state index in [0.29, 0.717) is 12.2 Å². The molecule has 1 rings (SSSR count). The van der Waals surface area contributed by atoms with Crippen molar-refractivity contribution in [2.24, 2.45) is 0 Å². The van der Waals surface area contributed by atoms with Gasteiger partial charge in [-0.05, 0) is 12.0 Å². The summed E-state index contributed by atoms with van der Waals surface area (Å²) < 4.78 is 22.4. The molecule has 2 atom stereocenters. The van der Waals surface area contributed by atoms with Gasteiger partial charge in [0.25, 0.3) is 0 Å². The van der Waals surface area contributed by atoms with Crippen molar-refractivity contribution in [2.45, 2.75) is 25.6 Å². The average molecular weight is 258 g/mol. The molecule has 0 saturated heterocycles. The number of aliphatic hydroxyl groups is 1. The topological polar surface area (TPSA) is 55.8 Å². The van der Waals surface area contributed by atoms with Gasteiger partial charge in [-0.25, -0.2) is 0 Å². The second-order valence-corrected chi connectivity index (χ2v) is 5.89. The van der Waals surface area contributed by atoms with Crippen LogP contribution < -0.4 is 0 Å². The van der Waals surface area contributed by atoms with Crippen LogP contribution in [0.1, 0.15) is 31.2 Å². The van der Waals surface area contributed by atoms with Crippen LogP contribution in [-0.2, 0) is 13.6 Å². The summed E-state index contributed by atoms with van der Waals surface area (Å²) >= 11 is 0. The third kappa shape index (κ3) is 3.93. The highest BCUT2D eigenvalue weighted by molar-refractivity contribution is 7.54. The molecule has 0 amide bonds. The van der Waals surface area contributed by atoms with Crippen molar-refractivity contribution in [3.63, 3.8) is 0 Å². The maximum Gasteiger partial charge on any atom is 0.363 e. The Hall–Kier alpha value is -0.670. The van der Waals surface area contributed by atoms with Gasteiger partial charge in [-0.1, -0.05) is 43.7 Å². The number of hydrogen-bond donors (Lipinski definition) is 1. The standard InChI is InChI=1S/C12H19O4P/c1-3-4-10-16-17(14,15-2)12(13)11-8-6-5-7-9-11/h5-9,12-13H,3-4,10H2,1-2H3. The summed E-state index contributed by atoms with van der Waals surface area (Å²) in [6, 6.07) is 8.75. The highest BCUT2D eigenvalue weighted by atomic mass is 31.2. The van der Waals surface area contributed by atoms with Gasteiger partial charge in [-0.15, -0.1) is 0 Å². The average Bonchev–Trinajstić information content (AvgIpc) is 2.39. The second-order valence-electron chi connectivity index (χ2n) is 3.69. The zero-order valence-electron chi connectivity index (χ0n) is 10.2. The SMILES string of the molecule is CCCCOP(=O)(OC)C(O)c1ccccc1. The molecule has 96 valence electrons. The van der Waals surface area contributed by atoms with Gasteiger partial charge in [-0.2, -0.15) is 0 Å². The Kier molecular flexibility index (Phi) is 5.86. The zero-order valence-corrected chi connectivity index (χ0v) is 11.1. The van der Waals surface area contributed by atoms with Crippen LogP contribution in [0, 0.1) is 0 Å². The number of hydrogen-bond acceptors (Lipinski definition) is 4. The summed E-state index contributed by atoms with van der Waals surface area (Å²) in [5.41, 5.74) is 0.536. The van der Waals surface area contributed by atoms with Crippen molar-refractivity contribution in [3.8, 4) is 0 Å². The van der Waals surface area contributed by atoms with Gasteiger partial charge in [0.15, 0.2) is 5.85 Å². The second kappa shape index (κ2) is 6.92. The van der Waals surface area contributed by atoms with Gasteiger partial charge < -0.3 is 14.2 Å². The van der Waals surface area contributed by atoms with E-state index in [4.69, 9.17) is 9.05 Å². The summed E-state index contributed by atoms with van der Waals surface area (Å²) in [6.45, 7) is 2.33. The van der Waals surface area contributed by atoms with Crippen LogP contribution in [0.5, 0.6) is 0 Å². The van der Waals surface area contributed by atoms with Crippen molar-refractivity contribution in [1.29, 1.82) is 0 Å². The number of rotatable bonds is 7. The Morgan fingerprint density at radius 3 is 2.53 bits per heavy atom. The fourth-order valence-corrected chi connectivity index (χ4v) is 2.73. The highest BCUT2D eigenvalue weighted by Crippen LogP contribution is 2.58. The third-order valence-corrected chi connectivity index (χ3v) is 4.37. The first kappa shape index (κ1) is 14.4. The van der Waals surface area contributed by atoms with Gasteiger partial charge in [0.2, 0.25) is 0 Å². The molecule has 0 bridgehead atoms. The predicted molar refractivity (Wildman–Crippen MR) is 66.9 cm³/mol. The van der Waals surface area contributed by atoms with Gasteiger partial charge in [0, 0.05) is 7.11 Å². The van der Waals surface area contributed by atoms with E-state index in [2.05, 4.69) is 0 Å². The lowest BCUT2D eigenvalue weighted by Gasteiger charge is -2.21. The summed E-state index contributed by atoms with van der Waals surface area (Å²) in [5.74, 6) is -1.23. The fourth-order valence-electron chi connectivity index (χ4n) is 1.37. The largest absolute Gasteiger partial charge is 0.376 e. The molecule has 0 aliphatic carbocycles. The summed E-state index contributed by atoms with van der Waals surface area (Å²) in [7, 11) is -2.20. The molecule has 2 unspecified atom stereocenters. The maximum atomic E-state index is 12.3. The molecule has 0 spiro atoms. The van der Waals surface area contributed by atoms with E-state index in [0.717, 1.165) is 12.8 Å². The molecule has 0 aliphatic rings. The molecule has 0 heterocycles. The molecular formula is C12H19O4P. The van der Waals surface area contributed by atoms with E-state index in [9.17, 15) is 9.67 Å². The van der Waals surface area contributed by atoms with Crippen LogP contribution in [-0.4, -0.2) is 18.8 Å². The Bertz CT molecular complexity index is 366. The van der Waals surface area contributed by atoms with Gasteiger partial charge >= 0.3 is 7.60 Å². The molecule has 1 aromatic carbocycles. The van der Waals surface area contributed by atoms with E-state index in [1.807, 2.05) is 13.0 Å². The van der Waals surface area contributed by atoms with Crippen molar-refractivity contribution < 1.29 is 18.7 Å². The summed E-state index contributed by atoms with van der Waals surface area (Å²) in [5, 5.41) is 10.0. The van der Waals surface area contributed by atoms with E-state index in [1.165, 1.54) is 7.11 Å². The van der Waals surface area contributed by atoms with E-state index in [-0.39, 0.29) is 0 Å². The molecule has 4 nitrogen and oxygen atoms in total. The minimum absolute atomic E-state index is 0.325. The lowest BCUT2D eigenvalue weighted by atomic mass is 10.2.